The van der Waals surface area contributed by atoms with Gasteiger partial charge in [0, 0.05) is 12.4 Å². The number of sulfone groups is 1. The summed E-state index contributed by atoms with van der Waals surface area (Å²) in [7, 11) is -3.96. The second-order valence-corrected chi connectivity index (χ2v) is 6.45. The Bertz CT molecular complexity index is 834. The van der Waals surface area contributed by atoms with Crippen molar-refractivity contribution < 1.29 is 23.2 Å². The summed E-state index contributed by atoms with van der Waals surface area (Å²) in [6, 6.07) is 8.50. The van der Waals surface area contributed by atoms with Gasteiger partial charge in [-0.3, -0.25) is 4.98 Å². The zero-order chi connectivity index (χ0) is 17.0. The summed E-state index contributed by atoms with van der Waals surface area (Å²) in [5.41, 5.74) is -0.133. The van der Waals surface area contributed by atoms with E-state index >= 15 is 0 Å². The number of para-hydroxylation sites is 1. The highest BCUT2D eigenvalue weighted by Gasteiger charge is 2.28. The molecule has 0 atom stereocenters. The SMILES string of the molecule is C=C(C)ON(C(=O)O)c1ccccc1S(=O)(=O)c1cccnc1. The summed E-state index contributed by atoms with van der Waals surface area (Å²) < 4.78 is 25.5. The van der Waals surface area contributed by atoms with Crippen molar-refractivity contribution in [3.8, 4) is 0 Å². The molecule has 2 aromatic rings. The molecule has 1 aromatic heterocycles. The van der Waals surface area contributed by atoms with Crippen molar-refractivity contribution in [2.24, 2.45) is 0 Å². The predicted molar refractivity (Wildman–Crippen MR) is 82.5 cm³/mol. The minimum Gasteiger partial charge on any atom is -0.463 e. The maximum Gasteiger partial charge on any atom is 0.445 e. The highest BCUT2D eigenvalue weighted by Crippen LogP contribution is 2.30. The maximum absolute atomic E-state index is 12.7. The molecule has 7 nitrogen and oxygen atoms in total. The Hall–Kier alpha value is -2.87. The molecule has 0 bridgehead atoms. The van der Waals surface area contributed by atoms with Gasteiger partial charge in [-0.25, -0.2) is 13.2 Å². The Labute approximate surface area is 133 Å². The van der Waals surface area contributed by atoms with Crippen molar-refractivity contribution in [2.45, 2.75) is 16.7 Å². The van der Waals surface area contributed by atoms with E-state index in [1.54, 1.807) is 0 Å². The Morgan fingerprint density at radius 3 is 2.52 bits per heavy atom. The predicted octanol–water partition coefficient (Wildman–Crippen LogP) is 2.86. The summed E-state index contributed by atoms with van der Waals surface area (Å²) in [6.45, 7) is 4.92. The molecule has 1 amide bonds. The number of aromatic nitrogens is 1. The van der Waals surface area contributed by atoms with Gasteiger partial charge in [0.1, 0.15) is 11.4 Å². The fraction of sp³-hybridized carbons (Fsp3) is 0.0667. The molecule has 0 aliphatic carbocycles. The number of allylic oxidation sites excluding steroid dienone is 1. The van der Waals surface area contributed by atoms with Crippen molar-refractivity contribution in [1.82, 2.24) is 4.98 Å². The number of carbonyl (C=O) groups is 1. The number of anilines is 1. The molecule has 0 radical (unpaired) electrons. The quantitative estimate of drug-likeness (QED) is 0.667. The van der Waals surface area contributed by atoms with Gasteiger partial charge in [0.15, 0.2) is 0 Å². The van der Waals surface area contributed by atoms with Crippen molar-refractivity contribution in [3.63, 3.8) is 0 Å². The summed E-state index contributed by atoms with van der Waals surface area (Å²) in [4.78, 5) is 20.0. The second-order valence-electron chi connectivity index (χ2n) is 4.53. The van der Waals surface area contributed by atoms with Crippen LogP contribution in [0.5, 0.6) is 0 Å². The molecule has 1 heterocycles. The van der Waals surface area contributed by atoms with E-state index in [-0.39, 0.29) is 21.2 Å². The van der Waals surface area contributed by atoms with Gasteiger partial charge in [-0.1, -0.05) is 18.7 Å². The van der Waals surface area contributed by atoms with E-state index in [9.17, 15) is 18.3 Å². The Balaban J connectivity index is 2.61. The number of hydrogen-bond donors (Lipinski definition) is 1. The van der Waals surface area contributed by atoms with Crippen LogP contribution in [0, 0.1) is 0 Å². The van der Waals surface area contributed by atoms with Gasteiger partial charge < -0.3 is 9.94 Å². The maximum atomic E-state index is 12.7. The first-order valence-corrected chi connectivity index (χ1v) is 7.93. The molecule has 1 N–H and O–H groups in total. The van der Waals surface area contributed by atoms with Crippen LogP contribution in [0.3, 0.4) is 0 Å². The van der Waals surface area contributed by atoms with Gasteiger partial charge in [-0.2, -0.15) is 0 Å². The minimum absolute atomic E-state index is 0.0480. The third-order valence-corrected chi connectivity index (χ3v) is 4.53. The molecular formula is C15H14N2O5S. The van der Waals surface area contributed by atoms with E-state index in [1.807, 2.05) is 0 Å². The van der Waals surface area contributed by atoms with Crippen LogP contribution in [0.2, 0.25) is 0 Å². The van der Waals surface area contributed by atoms with Gasteiger partial charge in [-0.05, 0) is 31.2 Å². The fourth-order valence-corrected chi connectivity index (χ4v) is 3.23. The standard InChI is InChI=1S/C15H14N2O5S/c1-11(2)22-17(15(18)19)13-7-3-4-8-14(13)23(20,21)12-6-5-9-16-10-12/h3-10H,1H2,2H3,(H,18,19). The number of hydroxylamine groups is 1. The van der Waals surface area contributed by atoms with Crippen LogP contribution in [-0.4, -0.2) is 24.6 Å². The molecule has 0 aliphatic heterocycles. The van der Waals surface area contributed by atoms with E-state index in [1.165, 1.54) is 55.7 Å². The van der Waals surface area contributed by atoms with Gasteiger partial charge in [0.2, 0.25) is 9.84 Å². The normalized spacial score (nSPS) is 10.8. The van der Waals surface area contributed by atoms with Crippen LogP contribution >= 0.6 is 0 Å². The minimum atomic E-state index is -3.96. The summed E-state index contributed by atoms with van der Waals surface area (Å²) in [6.07, 6.45) is 1.16. The molecule has 23 heavy (non-hydrogen) atoms. The monoisotopic (exact) mass is 334 g/mol. The van der Waals surface area contributed by atoms with Gasteiger partial charge in [0.25, 0.3) is 0 Å². The van der Waals surface area contributed by atoms with Crippen molar-refractivity contribution >= 4 is 21.6 Å². The topological polar surface area (TPSA) is 96.8 Å². The number of benzene rings is 1. The zero-order valence-electron chi connectivity index (χ0n) is 12.2. The number of hydrogen-bond acceptors (Lipinski definition) is 5. The first-order valence-electron chi connectivity index (χ1n) is 6.44. The van der Waals surface area contributed by atoms with E-state index in [0.29, 0.717) is 5.06 Å². The molecule has 0 saturated carbocycles. The molecule has 0 fully saturated rings. The lowest BCUT2D eigenvalue weighted by atomic mass is 10.3. The average molecular weight is 334 g/mol. The third-order valence-electron chi connectivity index (χ3n) is 2.74. The van der Waals surface area contributed by atoms with E-state index in [2.05, 4.69) is 11.6 Å². The fourth-order valence-electron chi connectivity index (χ4n) is 1.83. The van der Waals surface area contributed by atoms with Crippen LogP contribution in [0.15, 0.2) is 70.9 Å². The van der Waals surface area contributed by atoms with Gasteiger partial charge in [0.05, 0.1) is 9.79 Å². The van der Waals surface area contributed by atoms with Gasteiger partial charge >= 0.3 is 6.09 Å². The molecule has 2 rings (SSSR count). The lowest BCUT2D eigenvalue weighted by molar-refractivity contribution is 0.137. The lowest BCUT2D eigenvalue weighted by Gasteiger charge is -2.21. The first-order chi connectivity index (χ1) is 10.8. The molecule has 0 saturated heterocycles. The molecule has 0 unspecified atom stereocenters. The van der Waals surface area contributed by atoms with Crippen LogP contribution in [-0.2, 0) is 14.7 Å². The average Bonchev–Trinajstić information content (AvgIpc) is 2.53. The van der Waals surface area contributed by atoms with Gasteiger partial charge in [-0.15, -0.1) is 5.06 Å². The lowest BCUT2D eigenvalue weighted by Crippen LogP contribution is -2.30. The third kappa shape index (κ3) is 3.49. The summed E-state index contributed by atoms with van der Waals surface area (Å²) >= 11 is 0. The number of pyridine rings is 1. The molecule has 0 aliphatic rings. The molecule has 8 heteroatoms. The van der Waals surface area contributed by atoms with Crippen LogP contribution in [0.25, 0.3) is 0 Å². The zero-order valence-corrected chi connectivity index (χ0v) is 13.0. The molecule has 0 spiro atoms. The Morgan fingerprint density at radius 1 is 1.26 bits per heavy atom. The second kappa shape index (κ2) is 6.49. The van der Waals surface area contributed by atoms with Crippen LogP contribution < -0.4 is 5.06 Å². The Kier molecular flexibility index (Phi) is 4.65. The number of amides is 1. The van der Waals surface area contributed by atoms with Crippen LogP contribution in [0.1, 0.15) is 6.92 Å². The van der Waals surface area contributed by atoms with E-state index in [0.717, 1.165) is 0 Å². The van der Waals surface area contributed by atoms with E-state index in [4.69, 9.17) is 4.84 Å². The number of carboxylic acid groups (broad SMARTS) is 1. The van der Waals surface area contributed by atoms with Crippen molar-refractivity contribution in [2.75, 3.05) is 5.06 Å². The Morgan fingerprint density at radius 2 is 1.96 bits per heavy atom. The molecule has 1 aromatic carbocycles. The highest BCUT2D eigenvalue weighted by atomic mass is 32.2. The largest absolute Gasteiger partial charge is 0.463 e. The van der Waals surface area contributed by atoms with Crippen molar-refractivity contribution in [1.29, 1.82) is 0 Å². The summed E-state index contributed by atoms with van der Waals surface area (Å²) in [5, 5.41) is 9.75. The number of nitrogens with zero attached hydrogens (tertiary/aromatic N) is 2. The summed E-state index contributed by atoms with van der Waals surface area (Å²) in [5.74, 6) is 0.0981. The smallest absolute Gasteiger partial charge is 0.445 e. The number of rotatable bonds is 5. The highest BCUT2D eigenvalue weighted by molar-refractivity contribution is 7.91. The molecular weight excluding hydrogens is 320 g/mol. The first kappa shape index (κ1) is 16.5. The van der Waals surface area contributed by atoms with E-state index < -0.39 is 15.9 Å². The van der Waals surface area contributed by atoms with Crippen molar-refractivity contribution in [3.05, 3.63) is 61.1 Å². The molecule has 120 valence electrons. The van der Waals surface area contributed by atoms with Crippen LogP contribution in [0.4, 0.5) is 10.5 Å².